The van der Waals surface area contributed by atoms with E-state index in [1.807, 2.05) is 0 Å². The molecule has 0 aromatic heterocycles. The van der Waals surface area contributed by atoms with Crippen LogP contribution in [0.3, 0.4) is 0 Å². The third-order valence-electron chi connectivity index (χ3n) is 13.0. The quantitative estimate of drug-likeness (QED) is 0.0122. The zero-order valence-electron chi connectivity index (χ0n) is 44.9. The second-order valence-electron chi connectivity index (χ2n) is 19.4. The number of aromatic hydroxyl groups is 1. The minimum Gasteiger partial charge on any atom is -0.508 e. The third kappa shape index (κ3) is 20.9. The molecule has 438 valence electrons. The Morgan fingerprint density at radius 1 is 0.605 bits per heavy atom. The molecule has 28 nitrogen and oxygen atoms in total. The number of hydrogen-bond acceptors (Lipinski definition) is 15. The van der Waals surface area contributed by atoms with Crippen LogP contribution in [0.5, 0.6) is 5.75 Å². The Balaban J connectivity index is 1.59. The molecule has 3 aromatic carbocycles. The number of Topliss-reactive ketones (excluding diaryl/α,β-unsaturated/α-hetero) is 1. The molecular weight excluding hydrogens is 1050 g/mol. The van der Waals surface area contributed by atoms with Crippen molar-refractivity contribution in [1.82, 2.24) is 36.8 Å². The van der Waals surface area contributed by atoms with Gasteiger partial charge < -0.3 is 87.1 Å². The second-order valence-corrected chi connectivity index (χ2v) is 19.4. The predicted octanol–water partition coefficient (Wildman–Crippen LogP) is -4.28. The number of nitrogens with two attached hydrogens (primary N) is 7. The van der Waals surface area contributed by atoms with Crippen LogP contribution >= 0.6 is 0 Å². The van der Waals surface area contributed by atoms with Gasteiger partial charge in [0.1, 0.15) is 42.0 Å². The Bertz CT molecular complexity index is 2740. The standard InChI is InChI=1S/C53H74N16O12/c1-30(70)53(81,33-13-6-3-7-14-33)68-48(78)36(15-8-24-61-51(57)58)64-49(79)41-17-10-26-69(41)50(80)38(16-9-25-62-52(59)60)65-47(77)40(29-43(56)73)67-45(75)37(22-23-42(55)72)63-46(76)39(28-31-11-4-2-5-12-31)66-44(74)35(54)27-32-18-20-34(71)21-19-32/h2-7,11-14,18-21,35-41,71,81H,8-10,15-17,22-29,54H2,1H3,(H2,55,72)(H2,56,73)(H,63,76)(H,64,79)(H,65,77)(H,66,74)(H,67,75)(H,68,78)(H4,57,58,61)(H4,59,60,62)/t35-,36-,37-,38-,39-,40-,41-,53?/m0/s1. The molecule has 0 spiro atoms. The monoisotopic (exact) mass is 1130 g/mol. The lowest BCUT2D eigenvalue weighted by Gasteiger charge is -2.32. The molecular formula is C53H74N16O12. The number of aliphatic imine (C=N–C) groups is 2. The highest BCUT2D eigenvalue weighted by Gasteiger charge is 2.42. The molecule has 9 amide bonds. The minimum atomic E-state index is -2.50. The van der Waals surface area contributed by atoms with Crippen LogP contribution in [0.15, 0.2) is 94.9 Å². The van der Waals surface area contributed by atoms with Crippen LogP contribution in [-0.2, 0) is 66.5 Å². The number of guanidine groups is 2. The van der Waals surface area contributed by atoms with E-state index < -0.39 is 126 Å². The topological polar surface area (TPSA) is 493 Å². The second kappa shape index (κ2) is 31.4. The number of carbonyl (C=O) groups excluding carboxylic acids is 10. The number of phenolic OH excluding ortho intramolecular Hbond substituents is 1. The summed E-state index contributed by atoms with van der Waals surface area (Å²) in [4.78, 5) is 145. The van der Waals surface area contributed by atoms with Crippen molar-refractivity contribution in [3.8, 4) is 5.75 Å². The largest absolute Gasteiger partial charge is 0.508 e. The minimum absolute atomic E-state index is 0.00187. The van der Waals surface area contributed by atoms with Gasteiger partial charge in [-0.1, -0.05) is 72.8 Å². The molecule has 1 aliphatic rings. The molecule has 3 aromatic rings. The summed E-state index contributed by atoms with van der Waals surface area (Å²) >= 11 is 0. The molecule has 1 heterocycles. The lowest BCUT2D eigenvalue weighted by molar-refractivity contribution is -0.149. The molecule has 81 heavy (non-hydrogen) atoms. The van der Waals surface area contributed by atoms with Crippen molar-refractivity contribution in [2.75, 3.05) is 19.6 Å². The number of phenols is 1. The van der Waals surface area contributed by atoms with Crippen molar-refractivity contribution < 1.29 is 58.2 Å². The van der Waals surface area contributed by atoms with E-state index in [1.165, 1.54) is 29.2 Å². The average molecular weight is 1130 g/mol. The van der Waals surface area contributed by atoms with Gasteiger partial charge in [0.25, 0.3) is 0 Å². The first kappa shape index (κ1) is 64.3. The summed E-state index contributed by atoms with van der Waals surface area (Å²) < 4.78 is 0. The number of carbonyl (C=O) groups is 10. The number of primary amides is 2. The molecule has 4 rings (SSSR count). The fourth-order valence-corrected chi connectivity index (χ4v) is 8.71. The van der Waals surface area contributed by atoms with Crippen LogP contribution in [0.25, 0.3) is 0 Å². The molecule has 8 atom stereocenters. The van der Waals surface area contributed by atoms with Crippen LogP contribution < -0.4 is 72.0 Å². The molecule has 1 fully saturated rings. The molecule has 1 aliphatic heterocycles. The number of likely N-dealkylation sites (tertiary alicyclic amines) is 1. The third-order valence-corrected chi connectivity index (χ3v) is 13.0. The van der Waals surface area contributed by atoms with Crippen molar-refractivity contribution in [1.29, 1.82) is 0 Å². The Morgan fingerprint density at radius 3 is 1.68 bits per heavy atom. The first-order chi connectivity index (χ1) is 38.4. The van der Waals surface area contributed by atoms with E-state index in [0.717, 1.165) is 6.92 Å². The maximum Gasteiger partial charge on any atom is 0.245 e. The van der Waals surface area contributed by atoms with Crippen LogP contribution in [0.2, 0.25) is 0 Å². The number of ketones is 1. The summed E-state index contributed by atoms with van der Waals surface area (Å²) in [6.07, 6.45) is -1.56. The molecule has 0 bridgehead atoms. The molecule has 28 heteroatoms. The predicted molar refractivity (Wildman–Crippen MR) is 296 cm³/mol. The first-order valence-corrected chi connectivity index (χ1v) is 26.1. The number of aliphatic hydroxyl groups is 1. The van der Waals surface area contributed by atoms with Gasteiger partial charge in [-0.25, -0.2) is 0 Å². The number of nitrogens with one attached hydrogen (secondary N) is 6. The highest BCUT2D eigenvalue weighted by atomic mass is 16.3. The number of nitrogens with zero attached hydrogens (tertiary/aromatic N) is 3. The lowest BCUT2D eigenvalue weighted by atomic mass is 9.98. The Labute approximate surface area is 467 Å². The van der Waals surface area contributed by atoms with Gasteiger partial charge in [0.2, 0.25) is 58.9 Å². The SMILES string of the molecule is CC(=O)C(O)(NC(=O)[C@H](CCCN=C(N)N)NC(=O)[C@@H]1CCCN1C(=O)[C@H](CCCN=C(N)N)NC(=O)[C@H](CC(N)=O)NC(=O)[C@H](CCC(N)=O)NC(=O)[C@H](Cc1ccccc1)NC(=O)[C@@H](N)Cc1ccc(O)cc1)c1ccccc1. The van der Waals surface area contributed by atoms with Gasteiger partial charge in [-0.05, 0) is 81.5 Å². The van der Waals surface area contributed by atoms with Gasteiger partial charge in [-0.2, -0.15) is 0 Å². The van der Waals surface area contributed by atoms with Crippen molar-refractivity contribution in [2.45, 2.75) is 126 Å². The molecule has 0 saturated carbocycles. The summed E-state index contributed by atoms with van der Waals surface area (Å²) in [7, 11) is 0. The van der Waals surface area contributed by atoms with E-state index >= 15 is 0 Å². The van der Waals surface area contributed by atoms with Crippen molar-refractivity contribution in [2.24, 2.45) is 50.1 Å². The summed E-state index contributed by atoms with van der Waals surface area (Å²) in [5, 5.41) is 36.2. The Morgan fingerprint density at radius 2 is 1.11 bits per heavy atom. The van der Waals surface area contributed by atoms with Gasteiger partial charge in [-0.3, -0.25) is 57.9 Å². The normalized spacial score (nSPS) is 15.7. The molecule has 22 N–H and O–H groups in total. The van der Waals surface area contributed by atoms with E-state index in [1.54, 1.807) is 60.7 Å². The lowest BCUT2D eigenvalue weighted by Crippen LogP contribution is -2.61. The van der Waals surface area contributed by atoms with Crippen LogP contribution in [0, 0.1) is 0 Å². The van der Waals surface area contributed by atoms with Crippen molar-refractivity contribution >= 4 is 70.9 Å². The van der Waals surface area contributed by atoms with Crippen LogP contribution in [0.1, 0.15) is 81.4 Å². The molecule has 1 saturated heterocycles. The van der Waals surface area contributed by atoms with Crippen LogP contribution in [-0.4, -0.2) is 148 Å². The highest BCUT2D eigenvalue weighted by molar-refractivity contribution is 5.99. The number of benzene rings is 3. The number of amides is 9. The maximum absolute atomic E-state index is 14.6. The zero-order chi connectivity index (χ0) is 59.8. The fraction of sp³-hybridized carbons (Fsp3) is 0.434. The molecule has 0 aliphatic carbocycles. The summed E-state index contributed by atoms with van der Waals surface area (Å²) in [6, 6.07) is 11.9. The fourth-order valence-electron chi connectivity index (χ4n) is 8.71. The summed E-state index contributed by atoms with van der Waals surface area (Å²) in [6.45, 7) is 1.05. The van der Waals surface area contributed by atoms with E-state index in [4.69, 9.17) is 40.1 Å². The van der Waals surface area contributed by atoms with Gasteiger partial charge in [0, 0.05) is 38.0 Å². The van der Waals surface area contributed by atoms with Gasteiger partial charge in [0.05, 0.1) is 12.5 Å². The van der Waals surface area contributed by atoms with E-state index in [-0.39, 0.29) is 94.2 Å². The number of hydrogen-bond donors (Lipinski definition) is 15. The first-order valence-electron chi connectivity index (χ1n) is 26.1. The summed E-state index contributed by atoms with van der Waals surface area (Å²) in [5.41, 5.74) is 38.0. The van der Waals surface area contributed by atoms with E-state index in [9.17, 15) is 58.2 Å². The van der Waals surface area contributed by atoms with E-state index in [0.29, 0.717) is 11.1 Å². The molecule has 0 radical (unpaired) electrons. The Hall–Kier alpha value is -9.18. The Kier molecular flexibility index (Phi) is 25.0. The van der Waals surface area contributed by atoms with Crippen molar-refractivity contribution in [3.05, 3.63) is 102 Å². The average Bonchev–Trinajstić information content (AvgIpc) is 3.98. The van der Waals surface area contributed by atoms with Gasteiger partial charge >= 0.3 is 0 Å². The van der Waals surface area contributed by atoms with Crippen LogP contribution in [0.4, 0.5) is 0 Å². The maximum atomic E-state index is 14.6. The molecule has 1 unspecified atom stereocenters. The van der Waals surface area contributed by atoms with E-state index in [2.05, 4.69) is 41.9 Å². The smallest absolute Gasteiger partial charge is 0.245 e. The summed E-state index contributed by atoms with van der Waals surface area (Å²) in [5.74, 6) is -9.76. The van der Waals surface area contributed by atoms with Gasteiger partial charge in [0.15, 0.2) is 17.7 Å². The number of rotatable bonds is 32. The van der Waals surface area contributed by atoms with Crippen molar-refractivity contribution in [3.63, 3.8) is 0 Å². The highest BCUT2D eigenvalue weighted by Crippen LogP contribution is 2.23. The van der Waals surface area contributed by atoms with Gasteiger partial charge in [-0.15, -0.1) is 0 Å². The zero-order valence-corrected chi connectivity index (χ0v) is 44.9.